The topological polar surface area (TPSA) is 48.5 Å². The molecule has 4 heterocycles. The third kappa shape index (κ3) is 5.26. The van der Waals surface area contributed by atoms with Gasteiger partial charge in [0.1, 0.15) is 5.65 Å². The molecule has 0 bridgehead atoms. The fourth-order valence-corrected chi connectivity index (χ4v) is 10.6. The Balaban J connectivity index is 0.979. The van der Waals surface area contributed by atoms with Gasteiger partial charge in [0, 0.05) is 48.3 Å². The van der Waals surface area contributed by atoms with Gasteiger partial charge in [-0.1, -0.05) is 169 Å². The van der Waals surface area contributed by atoms with E-state index in [0.717, 1.165) is 55.0 Å². The molecular weight excluding hydrogens is 763 g/mol. The standard InChI is InChI=1S/C55H33N5S/c1-2-20-39(21-3-1)59-46-28-9-8-24-44(46)50-45-27-13-29-48-51(45)60(55(50)59)47-31-30-37(33-49(47)61-48)36-18-10-19-38(32-36)52-56-53(42-25-11-16-34-14-4-6-22-40(34)42)58-54(57-52)43-26-12-17-35-15-5-7-23-41(35)43/h1-33H. The molecule has 0 radical (unpaired) electrons. The molecule has 0 unspecified atom stereocenters. The molecule has 13 rings (SSSR count). The van der Waals surface area contributed by atoms with E-state index in [0.29, 0.717) is 17.5 Å². The van der Waals surface area contributed by atoms with Gasteiger partial charge in [-0.15, -0.1) is 0 Å². The molecular formula is C55H33N5S. The average Bonchev–Trinajstić information content (AvgIpc) is 3.85. The lowest BCUT2D eigenvalue weighted by Gasteiger charge is -2.22. The molecule has 0 spiro atoms. The Morgan fingerprint density at radius 3 is 1.70 bits per heavy atom. The van der Waals surface area contributed by atoms with Gasteiger partial charge in [0.25, 0.3) is 0 Å². The highest BCUT2D eigenvalue weighted by molar-refractivity contribution is 7.99. The first-order chi connectivity index (χ1) is 30.2. The third-order valence-electron chi connectivity index (χ3n) is 12.1. The van der Waals surface area contributed by atoms with E-state index in [9.17, 15) is 0 Å². The summed E-state index contributed by atoms with van der Waals surface area (Å²) < 4.78 is 4.92. The number of hydrogen-bond acceptors (Lipinski definition) is 4. The zero-order chi connectivity index (χ0) is 40.0. The molecule has 0 fully saturated rings. The van der Waals surface area contributed by atoms with Gasteiger partial charge in [-0.2, -0.15) is 0 Å². The number of hydrogen-bond donors (Lipinski definition) is 0. The average molecular weight is 796 g/mol. The lowest BCUT2D eigenvalue weighted by Crippen LogP contribution is -2.05. The van der Waals surface area contributed by atoms with Crippen LogP contribution < -0.4 is 0 Å². The molecule has 3 aromatic heterocycles. The predicted molar refractivity (Wildman–Crippen MR) is 252 cm³/mol. The Bertz CT molecular complexity index is 3640. The van der Waals surface area contributed by atoms with Gasteiger partial charge < -0.3 is 0 Å². The fraction of sp³-hybridized carbons (Fsp3) is 0. The second-order valence-corrected chi connectivity index (χ2v) is 16.7. The van der Waals surface area contributed by atoms with Crippen LogP contribution in [-0.2, 0) is 0 Å². The van der Waals surface area contributed by atoms with Crippen molar-refractivity contribution in [1.82, 2.24) is 24.1 Å². The molecule has 0 atom stereocenters. The summed E-state index contributed by atoms with van der Waals surface area (Å²) in [5, 5.41) is 8.32. The van der Waals surface area contributed by atoms with Crippen molar-refractivity contribution in [3.8, 4) is 56.7 Å². The van der Waals surface area contributed by atoms with Crippen LogP contribution >= 0.6 is 11.8 Å². The van der Waals surface area contributed by atoms with E-state index in [1.54, 1.807) is 0 Å². The normalized spacial score (nSPS) is 12.2. The summed E-state index contributed by atoms with van der Waals surface area (Å²) >= 11 is 1.85. The largest absolute Gasteiger partial charge is 0.295 e. The van der Waals surface area contributed by atoms with Gasteiger partial charge in [0.2, 0.25) is 0 Å². The predicted octanol–water partition coefficient (Wildman–Crippen LogP) is 14.4. The van der Waals surface area contributed by atoms with E-state index in [2.05, 4.69) is 209 Å². The van der Waals surface area contributed by atoms with E-state index < -0.39 is 0 Å². The first kappa shape index (κ1) is 34.1. The molecule has 12 aromatic rings. The summed E-state index contributed by atoms with van der Waals surface area (Å²) in [6.45, 7) is 0. The molecule has 5 nitrogen and oxygen atoms in total. The number of aromatic nitrogens is 5. The molecule has 61 heavy (non-hydrogen) atoms. The van der Waals surface area contributed by atoms with Crippen molar-refractivity contribution in [3.05, 3.63) is 200 Å². The van der Waals surface area contributed by atoms with E-state index in [1.807, 2.05) is 11.8 Å². The molecule has 1 aliphatic rings. The van der Waals surface area contributed by atoms with Crippen molar-refractivity contribution in [3.63, 3.8) is 0 Å². The highest BCUT2D eigenvalue weighted by atomic mass is 32.2. The number of rotatable bonds is 5. The first-order valence-electron chi connectivity index (χ1n) is 20.5. The van der Waals surface area contributed by atoms with E-state index in [-0.39, 0.29) is 0 Å². The monoisotopic (exact) mass is 795 g/mol. The maximum absolute atomic E-state index is 5.22. The van der Waals surface area contributed by atoms with Crippen LogP contribution in [0, 0.1) is 0 Å². The van der Waals surface area contributed by atoms with Crippen LogP contribution in [0.5, 0.6) is 0 Å². The number of benzene rings is 9. The van der Waals surface area contributed by atoms with Gasteiger partial charge in [-0.25, -0.2) is 15.0 Å². The van der Waals surface area contributed by atoms with Crippen LogP contribution in [-0.4, -0.2) is 24.1 Å². The van der Waals surface area contributed by atoms with Gasteiger partial charge in [0.15, 0.2) is 17.5 Å². The molecule has 6 heteroatoms. The van der Waals surface area contributed by atoms with E-state index >= 15 is 0 Å². The third-order valence-corrected chi connectivity index (χ3v) is 13.2. The summed E-state index contributed by atoms with van der Waals surface area (Å²) in [4.78, 5) is 18.1. The summed E-state index contributed by atoms with van der Waals surface area (Å²) in [6.07, 6.45) is 0. The van der Waals surface area contributed by atoms with Crippen molar-refractivity contribution >= 4 is 66.1 Å². The van der Waals surface area contributed by atoms with Crippen LogP contribution in [0.4, 0.5) is 0 Å². The van der Waals surface area contributed by atoms with Crippen LogP contribution in [0.3, 0.4) is 0 Å². The minimum Gasteiger partial charge on any atom is -0.295 e. The maximum atomic E-state index is 5.22. The van der Waals surface area contributed by atoms with Crippen LogP contribution in [0.15, 0.2) is 210 Å². The van der Waals surface area contributed by atoms with Gasteiger partial charge in [0.05, 0.1) is 16.7 Å². The summed E-state index contributed by atoms with van der Waals surface area (Å²) in [5.41, 5.74) is 11.1. The Kier molecular flexibility index (Phi) is 7.47. The minimum absolute atomic E-state index is 0.634. The van der Waals surface area contributed by atoms with Crippen molar-refractivity contribution < 1.29 is 0 Å². The van der Waals surface area contributed by atoms with Crippen LogP contribution in [0.2, 0.25) is 0 Å². The van der Waals surface area contributed by atoms with Crippen molar-refractivity contribution in [2.24, 2.45) is 0 Å². The Morgan fingerprint density at radius 2 is 0.951 bits per heavy atom. The second-order valence-electron chi connectivity index (χ2n) is 15.6. The molecule has 0 amide bonds. The van der Waals surface area contributed by atoms with E-state index in [1.165, 1.54) is 48.3 Å². The number of para-hydroxylation sites is 3. The zero-order valence-corrected chi connectivity index (χ0v) is 33.5. The van der Waals surface area contributed by atoms with Crippen molar-refractivity contribution in [2.75, 3.05) is 0 Å². The summed E-state index contributed by atoms with van der Waals surface area (Å²) in [5.74, 6) is 1.93. The molecule has 9 aromatic carbocycles. The lowest BCUT2D eigenvalue weighted by atomic mass is 10.0. The Morgan fingerprint density at radius 1 is 0.377 bits per heavy atom. The SMILES string of the molecule is c1ccc(-n2c3ccccc3c3c4cccc5c4n(c32)-c2ccc(-c3cccc(-c4nc(-c6cccc7ccccc67)nc(-c6cccc7ccccc67)n4)c3)cc2S5)cc1. The Hall–Kier alpha value is -7.80. The molecule has 284 valence electrons. The minimum atomic E-state index is 0.634. The Labute approximate surface area is 355 Å². The van der Waals surface area contributed by atoms with Crippen LogP contribution in [0.25, 0.3) is 111 Å². The molecule has 0 saturated heterocycles. The van der Waals surface area contributed by atoms with Crippen molar-refractivity contribution in [2.45, 2.75) is 9.79 Å². The number of nitrogens with zero attached hydrogens (tertiary/aromatic N) is 5. The quantitative estimate of drug-likeness (QED) is 0.174. The molecule has 0 N–H and O–H groups in total. The van der Waals surface area contributed by atoms with Gasteiger partial charge in [-0.05, 0) is 75.1 Å². The van der Waals surface area contributed by atoms with Crippen molar-refractivity contribution in [1.29, 1.82) is 0 Å². The highest BCUT2D eigenvalue weighted by Gasteiger charge is 2.28. The smallest absolute Gasteiger partial charge is 0.164 e. The molecule has 1 aliphatic heterocycles. The molecule has 0 saturated carbocycles. The summed E-state index contributed by atoms with van der Waals surface area (Å²) in [7, 11) is 0. The highest BCUT2D eigenvalue weighted by Crippen LogP contribution is 2.50. The van der Waals surface area contributed by atoms with Gasteiger partial charge >= 0.3 is 0 Å². The van der Waals surface area contributed by atoms with E-state index in [4.69, 9.17) is 15.0 Å². The first-order valence-corrected chi connectivity index (χ1v) is 21.3. The summed E-state index contributed by atoms with van der Waals surface area (Å²) in [6, 6.07) is 71.3. The van der Waals surface area contributed by atoms with Crippen LogP contribution in [0.1, 0.15) is 0 Å². The van der Waals surface area contributed by atoms with Gasteiger partial charge in [-0.3, -0.25) is 9.13 Å². The fourth-order valence-electron chi connectivity index (χ4n) is 9.42. The lowest BCUT2D eigenvalue weighted by molar-refractivity contribution is 1.03. The number of fused-ring (bicyclic) bond motifs is 9. The molecule has 0 aliphatic carbocycles. The second kappa shape index (κ2) is 13.4. The maximum Gasteiger partial charge on any atom is 0.164 e. The zero-order valence-electron chi connectivity index (χ0n) is 32.7.